The fourth-order valence-electron chi connectivity index (χ4n) is 3.24. The molecule has 3 heterocycles. The van der Waals surface area contributed by atoms with Gasteiger partial charge in [0, 0.05) is 33.5 Å². The van der Waals surface area contributed by atoms with Crippen LogP contribution in [-0.2, 0) is 0 Å². The number of aromatic amines is 1. The molecule has 0 bridgehead atoms. The number of hydrogen-bond acceptors (Lipinski definition) is 7. The number of aromatic nitrogens is 3. The Kier molecular flexibility index (Phi) is 6.15. The van der Waals surface area contributed by atoms with E-state index in [0.29, 0.717) is 27.6 Å². The number of halogens is 2. The summed E-state index contributed by atoms with van der Waals surface area (Å²) >= 11 is 7.58. The zero-order valence-corrected chi connectivity index (χ0v) is 16.4. The molecular weight excluding hydrogens is 409 g/mol. The molecule has 0 radical (unpaired) electrons. The number of benzene rings is 1. The van der Waals surface area contributed by atoms with Gasteiger partial charge in [-0.05, 0) is 18.2 Å². The molecule has 0 spiro atoms. The van der Waals surface area contributed by atoms with Gasteiger partial charge in [0.05, 0.1) is 17.7 Å². The van der Waals surface area contributed by atoms with Crippen molar-refractivity contribution in [1.82, 2.24) is 20.3 Å². The molecule has 1 aliphatic rings. The lowest BCUT2D eigenvalue weighted by Gasteiger charge is -2.15. The summed E-state index contributed by atoms with van der Waals surface area (Å²) in [7, 11) is 0. The number of rotatable bonds is 4. The molecule has 0 saturated carbocycles. The first kappa shape index (κ1) is 20.2. The second-order valence-electron chi connectivity index (χ2n) is 6.23. The van der Waals surface area contributed by atoms with E-state index in [1.165, 1.54) is 6.33 Å². The molecule has 27 heavy (non-hydrogen) atoms. The number of hydrogen-bond donors (Lipinski definition) is 5. The van der Waals surface area contributed by atoms with Crippen LogP contribution in [0.3, 0.4) is 0 Å². The van der Waals surface area contributed by atoms with Gasteiger partial charge in [-0.2, -0.15) is 0 Å². The molecule has 1 saturated heterocycles. The number of fused-ring (bicyclic) bond motifs is 1. The Morgan fingerprint density at radius 1 is 1.22 bits per heavy atom. The SMILES string of the molecule is Cl.Nc1ncnc2c(C3NC(CSc4cccc(Cl)c4)C(O)C3O)c[nH]c12. The molecule has 1 aliphatic heterocycles. The lowest BCUT2D eigenvalue weighted by molar-refractivity contribution is 0.0308. The summed E-state index contributed by atoms with van der Waals surface area (Å²) in [5, 5.41) is 25.0. The first-order valence-electron chi connectivity index (χ1n) is 8.12. The van der Waals surface area contributed by atoms with E-state index < -0.39 is 18.2 Å². The van der Waals surface area contributed by atoms with Gasteiger partial charge in [0.25, 0.3) is 0 Å². The van der Waals surface area contributed by atoms with Gasteiger partial charge in [0.15, 0.2) is 5.82 Å². The molecule has 3 aromatic rings. The highest BCUT2D eigenvalue weighted by Gasteiger charge is 2.42. The molecule has 0 aliphatic carbocycles. The Morgan fingerprint density at radius 3 is 2.81 bits per heavy atom. The zero-order chi connectivity index (χ0) is 18.3. The maximum Gasteiger partial charge on any atom is 0.151 e. The molecule has 4 unspecified atom stereocenters. The third kappa shape index (κ3) is 3.87. The summed E-state index contributed by atoms with van der Waals surface area (Å²) in [6.07, 6.45) is 1.29. The van der Waals surface area contributed by atoms with Crippen LogP contribution in [0.4, 0.5) is 5.82 Å². The number of nitrogens with two attached hydrogens (primary N) is 1. The highest BCUT2D eigenvalue weighted by atomic mass is 35.5. The fraction of sp³-hybridized carbons (Fsp3) is 0.294. The Morgan fingerprint density at radius 2 is 2.04 bits per heavy atom. The first-order chi connectivity index (χ1) is 12.5. The zero-order valence-electron chi connectivity index (χ0n) is 14.0. The fourth-order valence-corrected chi connectivity index (χ4v) is 4.55. The van der Waals surface area contributed by atoms with Crippen molar-refractivity contribution in [2.24, 2.45) is 0 Å². The van der Waals surface area contributed by atoms with E-state index in [9.17, 15) is 10.2 Å². The van der Waals surface area contributed by atoms with E-state index >= 15 is 0 Å². The minimum absolute atomic E-state index is 0. The van der Waals surface area contributed by atoms with Crippen LogP contribution in [-0.4, -0.2) is 49.2 Å². The number of H-pyrrole nitrogens is 1. The Bertz CT molecular complexity index is 941. The molecule has 144 valence electrons. The minimum atomic E-state index is -0.949. The van der Waals surface area contributed by atoms with E-state index in [1.54, 1.807) is 18.0 Å². The lowest BCUT2D eigenvalue weighted by Crippen LogP contribution is -2.35. The van der Waals surface area contributed by atoms with Crippen LogP contribution in [0.25, 0.3) is 11.0 Å². The van der Waals surface area contributed by atoms with Crippen LogP contribution < -0.4 is 11.1 Å². The average Bonchev–Trinajstić information content (AvgIpc) is 3.17. The van der Waals surface area contributed by atoms with Crippen molar-refractivity contribution in [2.45, 2.75) is 29.2 Å². The van der Waals surface area contributed by atoms with E-state index in [1.807, 2.05) is 24.3 Å². The molecule has 7 nitrogen and oxygen atoms in total. The Hall–Kier alpha value is -1.55. The van der Waals surface area contributed by atoms with Crippen LogP contribution >= 0.6 is 35.8 Å². The number of nitrogens with zero attached hydrogens (tertiary/aromatic N) is 2. The van der Waals surface area contributed by atoms with E-state index in [-0.39, 0.29) is 18.4 Å². The molecule has 1 aromatic carbocycles. The van der Waals surface area contributed by atoms with Crippen molar-refractivity contribution < 1.29 is 10.2 Å². The van der Waals surface area contributed by atoms with Crippen molar-refractivity contribution >= 4 is 52.6 Å². The van der Waals surface area contributed by atoms with Gasteiger partial charge in [0.2, 0.25) is 0 Å². The number of aliphatic hydroxyl groups excluding tert-OH is 2. The standard InChI is InChI=1S/C17H18ClN5O2S.ClH/c18-8-2-1-3-9(4-8)26-6-11-15(24)16(25)13(23-11)10-5-20-14-12(10)21-7-22-17(14)19;/h1-5,7,11,13,15-16,20,23-25H,6H2,(H2,19,21,22);1H. The van der Waals surface area contributed by atoms with Crippen molar-refractivity contribution in [3.8, 4) is 0 Å². The molecule has 10 heteroatoms. The van der Waals surface area contributed by atoms with Crippen LogP contribution in [0.1, 0.15) is 11.6 Å². The van der Waals surface area contributed by atoms with Crippen LogP contribution in [0, 0.1) is 0 Å². The third-order valence-corrected chi connectivity index (χ3v) is 5.93. The summed E-state index contributed by atoms with van der Waals surface area (Å²) in [6, 6.07) is 6.82. The first-order valence-corrected chi connectivity index (χ1v) is 9.49. The van der Waals surface area contributed by atoms with Crippen molar-refractivity contribution in [3.63, 3.8) is 0 Å². The molecular formula is C17H19Cl2N5O2S. The summed E-state index contributed by atoms with van der Waals surface area (Å²) in [5.41, 5.74) is 7.88. The molecule has 6 N–H and O–H groups in total. The maximum atomic E-state index is 10.5. The second kappa shape index (κ2) is 8.22. The van der Waals surface area contributed by atoms with Crippen molar-refractivity contribution in [1.29, 1.82) is 0 Å². The average molecular weight is 428 g/mol. The highest BCUT2D eigenvalue weighted by molar-refractivity contribution is 7.99. The van der Waals surface area contributed by atoms with Gasteiger partial charge in [-0.25, -0.2) is 9.97 Å². The van der Waals surface area contributed by atoms with Crippen LogP contribution in [0.2, 0.25) is 5.02 Å². The summed E-state index contributed by atoms with van der Waals surface area (Å²) in [6.45, 7) is 0. The van der Waals surface area contributed by atoms with Gasteiger partial charge >= 0.3 is 0 Å². The normalized spacial score (nSPS) is 24.9. The second-order valence-corrected chi connectivity index (χ2v) is 7.76. The summed E-state index contributed by atoms with van der Waals surface area (Å²) < 4.78 is 0. The maximum absolute atomic E-state index is 10.5. The third-order valence-electron chi connectivity index (χ3n) is 4.58. The van der Waals surface area contributed by atoms with Crippen molar-refractivity contribution in [2.75, 3.05) is 11.5 Å². The molecule has 4 atom stereocenters. The lowest BCUT2D eigenvalue weighted by atomic mass is 10.0. The topological polar surface area (TPSA) is 120 Å². The molecule has 2 aromatic heterocycles. The molecule has 0 amide bonds. The van der Waals surface area contributed by atoms with Gasteiger partial charge in [-0.3, -0.25) is 0 Å². The Labute approximate surface area is 171 Å². The van der Waals surface area contributed by atoms with Crippen LogP contribution in [0.15, 0.2) is 41.7 Å². The number of anilines is 1. The predicted molar refractivity (Wildman–Crippen MR) is 109 cm³/mol. The quantitative estimate of drug-likeness (QED) is 0.404. The summed E-state index contributed by atoms with van der Waals surface area (Å²) in [4.78, 5) is 12.3. The smallest absolute Gasteiger partial charge is 0.151 e. The monoisotopic (exact) mass is 427 g/mol. The number of thioether (sulfide) groups is 1. The van der Waals surface area contributed by atoms with Crippen LogP contribution in [0.5, 0.6) is 0 Å². The van der Waals surface area contributed by atoms with Gasteiger partial charge in [-0.1, -0.05) is 17.7 Å². The van der Waals surface area contributed by atoms with Crippen molar-refractivity contribution in [3.05, 3.63) is 47.4 Å². The number of nitrogen functional groups attached to an aromatic ring is 1. The van der Waals surface area contributed by atoms with E-state index in [0.717, 1.165) is 10.5 Å². The van der Waals surface area contributed by atoms with Gasteiger partial charge in [0.1, 0.15) is 17.9 Å². The highest BCUT2D eigenvalue weighted by Crippen LogP contribution is 2.34. The molecule has 4 rings (SSSR count). The predicted octanol–water partition coefficient (Wildman–Crippen LogP) is 2.14. The van der Waals surface area contributed by atoms with Gasteiger partial charge < -0.3 is 26.2 Å². The summed E-state index contributed by atoms with van der Waals surface area (Å²) in [5.74, 6) is 0.941. The van der Waals surface area contributed by atoms with E-state index in [4.69, 9.17) is 17.3 Å². The minimum Gasteiger partial charge on any atom is -0.389 e. The largest absolute Gasteiger partial charge is 0.389 e. The number of aliphatic hydroxyl groups is 2. The Balaban J connectivity index is 0.00000210. The van der Waals surface area contributed by atoms with Gasteiger partial charge in [-0.15, -0.1) is 24.2 Å². The number of nitrogens with one attached hydrogen (secondary N) is 2. The molecule has 1 fully saturated rings. The van der Waals surface area contributed by atoms with E-state index in [2.05, 4.69) is 20.3 Å².